The SMILES string of the molecule is C[C@H]1[C@@H](O)[C@H](c2coc3c(N(CCO)CCO)ncnc23)O[C@@H]1CO. The highest BCUT2D eigenvalue weighted by atomic mass is 16.5. The smallest absolute Gasteiger partial charge is 0.195 e. The lowest BCUT2D eigenvalue weighted by Gasteiger charge is -2.21. The van der Waals surface area contributed by atoms with E-state index in [0.29, 0.717) is 22.5 Å². The molecule has 25 heavy (non-hydrogen) atoms. The van der Waals surface area contributed by atoms with Crippen molar-refractivity contribution in [2.75, 3.05) is 37.8 Å². The van der Waals surface area contributed by atoms with Gasteiger partial charge in [0.15, 0.2) is 11.4 Å². The first-order chi connectivity index (χ1) is 12.1. The van der Waals surface area contributed by atoms with Gasteiger partial charge < -0.3 is 34.5 Å². The molecule has 1 aliphatic rings. The number of hydrogen-bond acceptors (Lipinski definition) is 9. The van der Waals surface area contributed by atoms with Crippen molar-refractivity contribution in [1.82, 2.24) is 9.97 Å². The van der Waals surface area contributed by atoms with E-state index >= 15 is 0 Å². The molecular weight excluding hydrogens is 330 g/mol. The number of ether oxygens (including phenoxy) is 1. The summed E-state index contributed by atoms with van der Waals surface area (Å²) in [5, 5.41) is 38.3. The second-order valence-corrected chi connectivity index (χ2v) is 6.13. The third-order valence-corrected chi connectivity index (χ3v) is 4.64. The molecule has 138 valence electrons. The lowest BCUT2D eigenvalue weighted by molar-refractivity contribution is -0.0121. The molecule has 0 radical (unpaired) electrons. The highest BCUT2D eigenvalue weighted by Gasteiger charge is 2.43. The number of aliphatic hydroxyl groups excluding tert-OH is 4. The summed E-state index contributed by atoms with van der Waals surface area (Å²) in [5.41, 5.74) is 1.48. The van der Waals surface area contributed by atoms with Crippen LogP contribution in [0.5, 0.6) is 0 Å². The Hall–Kier alpha value is -1.78. The largest absolute Gasteiger partial charge is 0.458 e. The molecule has 0 aliphatic carbocycles. The summed E-state index contributed by atoms with van der Waals surface area (Å²) < 4.78 is 11.4. The molecule has 0 bridgehead atoms. The van der Waals surface area contributed by atoms with Gasteiger partial charge in [0.2, 0.25) is 0 Å². The van der Waals surface area contributed by atoms with E-state index in [1.165, 1.54) is 12.6 Å². The summed E-state index contributed by atoms with van der Waals surface area (Å²) in [6.07, 6.45) is 0.945. The first kappa shape index (κ1) is 18.0. The number of furan rings is 1. The van der Waals surface area contributed by atoms with E-state index in [1.807, 2.05) is 6.92 Å². The van der Waals surface area contributed by atoms with E-state index in [-0.39, 0.29) is 38.8 Å². The Morgan fingerprint density at radius 2 is 1.88 bits per heavy atom. The summed E-state index contributed by atoms with van der Waals surface area (Å²) in [7, 11) is 0. The second kappa shape index (κ2) is 7.63. The van der Waals surface area contributed by atoms with Crippen LogP contribution in [0.15, 0.2) is 17.0 Å². The molecule has 1 saturated heterocycles. The normalized spacial score (nSPS) is 26.4. The molecule has 1 aliphatic heterocycles. The highest BCUT2D eigenvalue weighted by Crippen LogP contribution is 2.41. The van der Waals surface area contributed by atoms with Crippen LogP contribution in [-0.4, -0.2) is 75.5 Å². The Labute approximate surface area is 144 Å². The van der Waals surface area contributed by atoms with Crippen molar-refractivity contribution in [1.29, 1.82) is 0 Å². The molecule has 2 aromatic heterocycles. The number of nitrogens with zero attached hydrogens (tertiary/aromatic N) is 3. The fourth-order valence-electron chi connectivity index (χ4n) is 3.20. The average Bonchev–Trinajstić information content (AvgIpc) is 3.16. The van der Waals surface area contributed by atoms with Crippen LogP contribution in [0.3, 0.4) is 0 Å². The third-order valence-electron chi connectivity index (χ3n) is 4.64. The minimum atomic E-state index is -0.789. The van der Waals surface area contributed by atoms with Crippen molar-refractivity contribution < 1.29 is 29.6 Å². The number of anilines is 1. The lowest BCUT2D eigenvalue weighted by atomic mass is 9.96. The quantitative estimate of drug-likeness (QED) is 0.517. The fourth-order valence-corrected chi connectivity index (χ4v) is 3.20. The number of hydrogen-bond donors (Lipinski definition) is 4. The van der Waals surface area contributed by atoms with Crippen LogP contribution in [0.1, 0.15) is 18.6 Å². The van der Waals surface area contributed by atoms with Gasteiger partial charge in [-0.3, -0.25) is 0 Å². The van der Waals surface area contributed by atoms with Crippen LogP contribution in [0, 0.1) is 5.92 Å². The van der Waals surface area contributed by atoms with E-state index < -0.39 is 18.3 Å². The van der Waals surface area contributed by atoms with E-state index in [9.17, 15) is 20.4 Å². The molecule has 3 rings (SSSR count). The molecule has 3 heterocycles. The zero-order valence-corrected chi connectivity index (χ0v) is 13.9. The van der Waals surface area contributed by atoms with Crippen molar-refractivity contribution in [3.63, 3.8) is 0 Å². The van der Waals surface area contributed by atoms with Crippen LogP contribution in [-0.2, 0) is 4.74 Å². The molecule has 0 spiro atoms. The fraction of sp³-hybridized carbons (Fsp3) is 0.625. The van der Waals surface area contributed by atoms with Crippen LogP contribution in [0.2, 0.25) is 0 Å². The molecule has 1 fully saturated rings. The van der Waals surface area contributed by atoms with Crippen LogP contribution in [0.25, 0.3) is 11.1 Å². The van der Waals surface area contributed by atoms with Gasteiger partial charge in [0.1, 0.15) is 17.9 Å². The summed E-state index contributed by atoms with van der Waals surface area (Å²) in [4.78, 5) is 10.2. The second-order valence-electron chi connectivity index (χ2n) is 6.13. The highest BCUT2D eigenvalue weighted by molar-refractivity contribution is 5.86. The van der Waals surface area contributed by atoms with Gasteiger partial charge in [-0.05, 0) is 0 Å². The predicted octanol–water partition coefficient (Wildman–Crippen LogP) is -0.557. The third kappa shape index (κ3) is 3.21. The first-order valence-electron chi connectivity index (χ1n) is 8.25. The summed E-state index contributed by atoms with van der Waals surface area (Å²) in [5.74, 6) is 0.236. The lowest BCUT2D eigenvalue weighted by Crippen LogP contribution is -2.30. The van der Waals surface area contributed by atoms with Crippen molar-refractivity contribution >= 4 is 16.9 Å². The van der Waals surface area contributed by atoms with Crippen molar-refractivity contribution in [3.8, 4) is 0 Å². The Morgan fingerprint density at radius 1 is 1.16 bits per heavy atom. The first-order valence-corrected chi connectivity index (χ1v) is 8.25. The van der Waals surface area contributed by atoms with E-state index in [4.69, 9.17) is 9.15 Å². The predicted molar refractivity (Wildman–Crippen MR) is 88.1 cm³/mol. The summed E-state index contributed by atoms with van der Waals surface area (Å²) >= 11 is 0. The van der Waals surface area contributed by atoms with E-state index in [2.05, 4.69) is 9.97 Å². The standard InChI is InChI=1S/C16H23N3O6/c1-9-11(6-22)25-14(13(9)23)10-7-24-15-12(10)17-8-18-16(15)19(2-4-20)3-5-21/h7-9,11,13-14,20-23H,2-6H2,1H3/t9-,11-,13-,14+/m1/s1. The number of aliphatic hydroxyl groups is 4. The van der Waals surface area contributed by atoms with Gasteiger partial charge in [0.25, 0.3) is 0 Å². The van der Waals surface area contributed by atoms with Gasteiger partial charge in [-0.15, -0.1) is 0 Å². The molecule has 9 heteroatoms. The maximum Gasteiger partial charge on any atom is 0.195 e. The maximum atomic E-state index is 10.4. The minimum absolute atomic E-state index is 0.0980. The Bertz CT molecular complexity index is 702. The molecule has 0 aromatic carbocycles. The van der Waals surface area contributed by atoms with Gasteiger partial charge in [0, 0.05) is 24.6 Å². The molecular formula is C16H23N3O6. The van der Waals surface area contributed by atoms with Crippen LogP contribution in [0.4, 0.5) is 5.82 Å². The van der Waals surface area contributed by atoms with Crippen LogP contribution < -0.4 is 4.90 Å². The van der Waals surface area contributed by atoms with E-state index in [1.54, 1.807) is 4.90 Å². The van der Waals surface area contributed by atoms with Crippen LogP contribution >= 0.6 is 0 Å². The Balaban J connectivity index is 1.99. The monoisotopic (exact) mass is 353 g/mol. The van der Waals surface area contributed by atoms with Gasteiger partial charge in [0.05, 0.1) is 38.3 Å². The van der Waals surface area contributed by atoms with Crippen molar-refractivity contribution in [2.45, 2.75) is 25.2 Å². The molecule has 0 unspecified atom stereocenters. The molecule has 0 saturated carbocycles. The molecule has 2 aromatic rings. The zero-order valence-electron chi connectivity index (χ0n) is 13.9. The summed E-state index contributed by atoms with van der Waals surface area (Å²) in [6.45, 7) is 2.02. The number of fused-ring (bicyclic) bond motifs is 1. The molecule has 9 nitrogen and oxygen atoms in total. The zero-order chi connectivity index (χ0) is 18.0. The molecule has 4 N–H and O–H groups in total. The van der Waals surface area contributed by atoms with Gasteiger partial charge in [-0.2, -0.15) is 0 Å². The minimum Gasteiger partial charge on any atom is -0.458 e. The number of rotatable bonds is 7. The topological polar surface area (TPSA) is 132 Å². The Morgan fingerprint density at radius 3 is 2.48 bits per heavy atom. The molecule has 0 amide bonds. The number of aromatic nitrogens is 2. The van der Waals surface area contributed by atoms with Crippen molar-refractivity contribution in [3.05, 3.63) is 18.2 Å². The van der Waals surface area contributed by atoms with Gasteiger partial charge in [-0.1, -0.05) is 6.92 Å². The van der Waals surface area contributed by atoms with E-state index in [0.717, 1.165) is 0 Å². The van der Waals surface area contributed by atoms with Gasteiger partial charge >= 0.3 is 0 Å². The maximum absolute atomic E-state index is 10.4. The average molecular weight is 353 g/mol. The van der Waals surface area contributed by atoms with Crippen molar-refractivity contribution in [2.24, 2.45) is 5.92 Å². The van der Waals surface area contributed by atoms with Gasteiger partial charge in [-0.25, -0.2) is 9.97 Å². The Kier molecular flexibility index (Phi) is 5.50. The molecule has 4 atom stereocenters. The summed E-state index contributed by atoms with van der Waals surface area (Å²) in [6, 6.07) is 0.